The van der Waals surface area contributed by atoms with Crippen molar-refractivity contribution in [1.29, 1.82) is 0 Å². The van der Waals surface area contributed by atoms with Crippen LogP contribution in [-0.4, -0.2) is 61.7 Å². The molecule has 0 bridgehead atoms. The summed E-state index contributed by atoms with van der Waals surface area (Å²) in [6.45, 7) is 9.56. The number of benzene rings is 2. The Hall–Kier alpha value is -2.55. The molecule has 0 unspecified atom stereocenters. The number of nitrogens with one attached hydrogen (secondary N) is 1. The summed E-state index contributed by atoms with van der Waals surface area (Å²) < 4.78 is 28.6. The lowest BCUT2D eigenvalue weighted by atomic mass is 10.0. The first-order valence-corrected chi connectivity index (χ1v) is 12.9. The van der Waals surface area contributed by atoms with E-state index in [0.29, 0.717) is 31.1 Å². The number of aryl methyl sites for hydroxylation is 2. The number of hydrogen-bond acceptors (Lipinski definition) is 4. The zero-order valence-electron chi connectivity index (χ0n) is 19.7. The Balaban J connectivity index is 1.46. The second kappa shape index (κ2) is 9.00. The van der Waals surface area contributed by atoms with Gasteiger partial charge < -0.3 is 4.90 Å². The van der Waals surface area contributed by atoms with Crippen LogP contribution >= 0.6 is 0 Å². The largest absolute Gasteiger partial charge is 0.322 e. The van der Waals surface area contributed by atoms with Gasteiger partial charge in [0.2, 0.25) is 15.9 Å². The molecular weight excluding hydrogens is 438 g/mol. The minimum Gasteiger partial charge on any atom is -0.322 e. The number of amides is 2. The molecule has 4 rings (SSSR count). The Labute approximate surface area is 196 Å². The van der Waals surface area contributed by atoms with E-state index in [0.717, 1.165) is 32.7 Å². The minimum absolute atomic E-state index is 0.155. The van der Waals surface area contributed by atoms with Gasteiger partial charge in [0.15, 0.2) is 6.04 Å². The Kier molecular flexibility index (Phi) is 6.44. The van der Waals surface area contributed by atoms with Crippen molar-refractivity contribution in [3.63, 3.8) is 0 Å². The summed E-state index contributed by atoms with van der Waals surface area (Å²) in [6, 6.07) is 11.1. The molecule has 0 radical (unpaired) electrons. The number of likely N-dealkylation sites (tertiary alicyclic amines) is 1. The standard InChI is InChI=1S/C25H31N3O4S/c1-17-14-18(2)20(4)24(19(17)3)33(31,32)27-12-10-26(11-13-27)22-15-23(29)28(25(22)30)16-21-8-6-5-7-9-21/h5-9,14,22H,10-13,15-16H2,1-4H3/p+1/t22-/m0/s1. The Morgan fingerprint density at radius 2 is 1.52 bits per heavy atom. The molecule has 2 fully saturated rings. The van der Waals surface area contributed by atoms with Gasteiger partial charge in [-0.15, -0.1) is 0 Å². The number of rotatable bonds is 5. The van der Waals surface area contributed by atoms with Crippen LogP contribution in [0.3, 0.4) is 0 Å². The topological polar surface area (TPSA) is 79.2 Å². The van der Waals surface area contributed by atoms with Crippen LogP contribution in [-0.2, 0) is 26.2 Å². The van der Waals surface area contributed by atoms with Gasteiger partial charge in [-0.05, 0) is 55.5 Å². The second-order valence-electron chi connectivity index (χ2n) is 9.21. The molecule has 0 aromatic heterocycles. The summed E-state index contributed by atoms with van der Waals surface area (Å²) >= 11 is 0. The van der Waals surface area contributed by atoms with Crippen LogP contribution in [0.1, 0.15) is 34.2 Å². The number of sulfonamides is 1. The van der Waals surface area contributed by atoms with E-state index in [4.69, 9.17) is 0 Å². The first-order valence-electron chi connectivity index (χ1n) is 11.4. The molecule has 2 aliphatic heterocycles. The molecule has 0 aliphatic carbocycles. The van der Waals surface area contributed by atoms with Gasteiger partial charge in [0, 0.05) is 0 Å². The first-order chi connectivity index (χ1) is 15.6. The van der Waals surface area contributed by atoms with Gasteiger partial charge in [-0.3, -0.25) is 14.5 Å². The van der Waals surface area contributed by atoms with Crippen molar-refractivity contribution in [3.8, 4) is 0 Å². The van der Waals surface area contributed by atoms with E-state index in [9.17, 15) is 18.0 Å². The van der Waals surface area contributed by atoms with Crippen LogP contribution < -0.4 is 4.90 Å². The van der Waals surface area contributed by atoms with Crippen LogP contribution in [0, 0.1) is 27.7 Å². The lowest BCUT2D eigenvalue weighted by molar-refractivity contribution is -0.918. The van der Waals surface area contributed by atoms with Crippen molar-refractivity contribution < 1.29 is 22.9 Å². The molecule has 1 atom stereocenters. The minimum atomic E-state index is -3.63. The zero-order chi connectivity index (χ0) is 23.9. The fraction of sp³-hybridized carbons (Fsp3) is 0.440. The SMILES string of the molecule is Cc1cc(C)c(C)c(S(=O)(=O)N2CC[NH+]([C@H]3CC(=O)N(Cc4ccccc4)C3=O)CC2)c1C. The summed E-state index contributed by atoms with van der Waals surface area (Å²) in [7, 11) is -3.63. The van der Waals surface area contributed by atoms with E-state index >= 15 is 0 Å². The fourth-order valence-electron chi connectivity index (χ4n) is 4.99. The maximum Gasteiger partial charge on any atom is 0.288 e. The first kappa shape index (κ1) is 23.6. The highest BCUT2D eigenvalue weighted by Crippen LogP contribution is 2.28. The summed E-state index contributed by atoms with van der Waals surface area (Å²) in [5, 5.41) is 0. The maximum absolute atomic E-state index is 13.5. The number of nitrogens with zero attached hydrogens (tertiary/aromatic N) is 2. The van der Waals surface area contributed by atoms with E-state index in [1.54, 1.807) is 0 Å². The number of piperazine rings is 1. The highest BCUT2D eigenvalue weighted by atomic mass is 32.2. The van der Waals surface area contributed by atoms with Gasteiger partial charge in [-0.2, -0.15) is 4.31 Å². The van der Waals surface area contributed by atoms with Crippen LogP contribution in [0.25, 0.3) is 0 Å². The van der Waals surface area contributed by atoms with Crippen LogP contribution in [0.5, 0.6) is 0 Å². The molecule has 2 saturated heterocycles. The molecule has 0 saturated carbocycles. The molecule has 2 heterocycles. The van der Waals surface area contributed by atoms with Gasteiger partial charge in [0.1, 0.15) is 0 Å². The molecule has 2 aromatic carbocycles. The molecular formula is C25H32N3O4S+. The second-order valence-corrected chi connectivity index (χ2v) is 11.1. The molecule has 2 aliphatic rings. The zero-order valence-corrected chi connectivity index (χ0v) is 20.5. The molecule has 2 amide bonds. The van der Waals surface area contributed by atoms with Crippen molar-refractivity contribution in [2.75, 3.05) is 26.2 Å². The van der Waals surface area contributed by atoms with Crippen molar-refractivity contribution in [1.82, 2.24) is 9.21 Å². The Morgan fingerprint density at radius 1 is 0.939 bits per heavy atom. The third-order valence-corrected chi connectivity index (χ3v) is 9.35. The summed E-state index contributed by atoms with van der Waals surface area (Å²) in [6.07, 6.45) is 0.184. The predicted molar refractivity (Wildman–Crippen MR) is 125 cm³/mol. The average Bonchev–Trinajstić information content (AvgIpc) is 3.07. The highest BCUT2D eigenvalue weighted by Gasteiger charge is 2.46. The van der Waals surface area contributed by atoms with Crippen LogP contribution in [0.15, 0.2) is 41.3 Å². The lowest BCUT2D eigenvalue weighted by Crippen LogP contribution is -3.19. The molecule has 0 spiro atoms. The van der Waals surface area contributed by atoms with Gasteiger partial charge in [0.25, 0.3) is 5.91 Å². The van der Waals surface area contributed by atoms with E-state index in [1.165, 1.54) is 9.21 Å². The number of carbonyl (C=O) groups is 2. The van der Waals surface area contributed by atoms with E-state index in [1.807, 2.05) is 64.1 Å². The quantitative estimate of drug-likeness (QED) is 0.665. The summed E-state index contributed by atoms with van der Waals surface area (Å²) in [5.41, 5.74) is 4.44. The fourth-order valence-corrected chi connectivity index (χ4v) is 7.01. The molecule has 1 N–H and O–H groups in total. The predicted octanol–water partition coefficient (Wildman–Crippen LogP) is 1.14. The number of carbonyl (C=O) groups excluding carboxylic acids is 2. The van der Waals surface area contributed by atoms with Gasteiger partial charge >= 0.3 is 0 Å². The Bertz CT molecular complexity index is 1160. The maximum atomic E-state index is 13.5. The summed E-state index contributed by atoms with van der Waals surface area (Å²) in [5.74, 6) is -0.311. The molecule has 7 nitrogen and oxygen atoms in total. The molecule has 33 heavy (non-hydrogen) atoms. The normalized spacial score (nSPS) is 20.6. The molecule has 8 heteroatoms. The van der Waals surface area contributed by atoms with Crippen LogP contribution in [0.2, 0.25) is 0 Å². The number of quaternary nitrogens is 1. The third kappa shape index (κ3) is 4.35. The smallest absolute Gasteiger partial charge is 0.288 e. The average molecular weight is 471 g/mol. The van der Waals surface area contributed by atoms with Crippen molar-refractivity contribution >= 4 is 21.8 Å². The lowest BCUT2D eigenvalue weighted by Gasteiger charge is -2.34. The van der Waals surface area contributed by atoms with Crippen molar-refractivity contribution in [2.24, 2.45) is 0 Å². The van der Waals surface area contributed by atoms with E-state index in [2.05, 4.69) is 0 Å². The third-order valence-electron chi connectivity index (χ3n) is 7.18. The van der Waals surface area contributed by atoms with Crippen molar-refractivity contribution in [3.05, 3.63) is 64.2 Å². The monoisotopic (exact) mass is 470 g/mol. The molecule has 2 aromatic rings. The summed E-state index contributed by atoms with van der Waals surface area (Å²) in [4.78, 5) is 28.4. The van der Waals surface area contributed by atoms with E-state index in [-0.39, 0.29) is 24.8 Å². The van der Waals surface area contributed by atoms with Gasteiger partial charge in [-0.25, -0.2) is 8.42 Å². The van der Waals surface area contributed by atoms with E-state index < -0.39 is 16.1 Å². The number of imide groups is 1. The number of hydrogen-bond donors (Lipinski definition) is 1. The van der Waals surface area contributed by atoms with Gasteiger partial charge in [-0.1, -0.05) is 36.4 Å². The highest BCUT2D eigenvalue weighted by molar-refractivity contribution is 7.89. The van der Waals surface area contributed by atoms with Crippen molar-refractivity contribution in [2.45, 2.75) is 51.6 Å². The molecule has 176 valence electrons. The Morgan fingerprint density at radius 3 is 2.09 bits per heavy atom. The van der Waals surface area contributed by atoms with Crippen LogP contribution in [0.4, 0.5) is 0 Å². The van der Waals surface area contributed by atoms with Gasteiger partial charge in [0.05, 0.1) is 44.0 Å².